The molecule has 0 aliphatic carbocycles. The van der Waals surface area contributed by atoms with Crippen molar-refractivity contribution in [2.24, 2.45) is 0 Å². The summed E-state index contributed by atoms with van der Waals surface area (Å²) in [5.41, 5.74) is 0.491. The van der Waals surface area contributed by atoms with Crippen LogP contribution in [0.15, 0.2) is 29.2 Å². The van der Waals surface area contributed by atoms with Crippen LogP contribution in [0.2, 0.25) is 0 Å². The van der Waals surface area contributed by atoms with Gasteiger partial charge in [-0.1, -0.05) is 0 Å². The van der Waals surface area contributed by atoms with Crippen LogP contribution in [0.1, 0.15) is 5.56 Å². The van der Waals surface area contributed by atoms with Gasteiger partial charge in [-0.15, -0.1) is 0 Å². The first kappa shape index (κ1) is 12.4. The lowest BCUT2D eigenvalue weighted by Crippen LogP contribution is -2.19. The number of rotatable bonds is 3. The summed E-state index contributed by atoms with van der Waals surface area (Å²) in [6, 6.07) is 3.34. The van der Waals surface area contributed by atoms with Gasteiger partial charge in [0.2, 0.25) is 0 Å². The maximum atomic E-state index is 13.1. The monoisotopic (exact) mass is 251 g/mol. The SMILES string of the molecule is CNCc1cnc(-c2ccc(F)c(F)c2)[nH]c1=O. The van der Waals surface area contributed by atoms with Crippen LogP contribution in [0.25, 0.3) is 11.4 Å². The number of benzene rings is 1. The molecule has 0 amide bonds. The van der Waals surface area contributed by atoms with Crippen molar-refractivity contribution in [3.63, 3.8) is 0 Å². The predicted octanol–water partition coefficient (Wildman–Crippen LogP) is 1.43. The molecule has 0 saturated heterocycles. The van der Waals surface area contributed by atoms with Crippen LogP contribution in [0, 0.1) is 11.6 Å². The fourth-order valence-corrected chi connectivity index (χ4v) is 1.53. The van der Waals surface area contributed by atoms with E-state index >= 15 is 0 Å². The van der Waals surface area contributed by atoms with E-state index in [4.69, 9.17) is 0 Å². The van der Waals surface area contributed by atoms with E-state index in [2.05, 4.69) is 15.3 Å². The highest BCUT2D eigenvalue weighted by molar-refractivity contribution is 5.54. The number of aromatic nitrogens is 2. The van der Waals surface area contributed by atoms with Crippen molar-refractivity contribution in [2.45, 2.75) is 6.54 Å². The Morgan fingerprint density at radius 2 is 2.11 bits per heavy atom. The molecule has 18 heavy (non-hydrogen) atoms. The third kappa shape index (κ3) is 2.43. The van der Waals surface area contributed by atoms with Gasteiger partial charge in [0.1, 0.15) is 5.82 Å². The van der Waals surface area contributed by atoms with E-state index < -0.39 is 11.6 Å². The Labute approximate surface area is 102 Å². The lowest BCUT2D eigenvalue weighted by atomic mass is 10.2. The van der Waals surface area contributed by atoms with E-state index in [1.54, 1.807) is 7.05 Å². The first-order chi connectivity index (χ1) is 8.61. The van der Waals surface area contributed by atoms with Gasteiger partial charge in [-0.3, -0.25) is 4.79 Å². The van der Waals surface area contributed by atoms with E-state index in [9.17, 15) is 13.6 Å². The van der Waals surface area contributed by atoms with Crippen LogP contribution in [-0.4, -0.2) is 17.0 Å². The molecule has 0 fully saturated rings. The number of nitrogens with one attached hydrogen (secondary N) is 2. The summed E-state index contributed by atoms with van der Waals surface area (Å²) in [4.78, 5) is 18.2. The predicted molar refractivity (Wildman–Crippen MR) is 63.0 cm³/mol. The smallest absolute Gasteiger partial charge is 0.255 e. The number of nitrogens with zero attached hydrogens (tertiary/aromatic N) is 1. The van der Waals surface area contributed by atoms with Crippen molar-refractivity contribution >= 4 is 0 Å². The Morgan fingerprint density at radius 1 is 1.33 bits per heavy atom. The van der Waals surface area contributed by atoms with Crippen molar-refractivity contribution in [3.8, 4) is 11.4 Å². The normalized spacial score (nSPS) is 10.6. The van der Waals surface area contributed by atoms with E-state index in [-0.39, 0.29) is 11.4 Å². The molecule has 0 spiro atoms. The van der Waals surface area contributed by atoms with Gasteiger partial charge in [-0.25, -0.2) is 13.8 Å². The first-order valence-corrected chi connectivity index (χ1v) is 5.30. The molecule has 0 aliphatic rings. The van der Waals surface area contributed by atoms with Crippen LogP contribution in [-0.2, 0) is 6.54 Å². The Bertz CT molecular complexity index is 625. The van der Waals surface area contributed by atoms with Gasteiger partial charge >= 0.3 is 0 Å². The van der Waals surface area contributed by atoms with Crippen molar-refractivity contribution in [1.82, 2.24) is 15.3 Å². The van der Waals surface area contributed by atoms with Crippen molar-refractivity contribution in [3.05, 3.63) is 51.9 Å². The third-order valence-electron chi connectivity index (χ3n) is 2.43. The number of aromatic amines is 1. The topological polar surface area (TPSA) is 57.8 Å². The molecule has 4 nitrogen and oxygen atoms in total. The average Bonchev–Trinajstić information content (AvgIpc) is 2.35. The highest BCUT2D eigenvalue weighted by Crippen LogP contribution is 2.16. The van der Waals surface area contributed by atoms with E-state index in [1.165, 1.54) is 12.3 Å². The molecular weight excluding hydrogens is 240 g/mol. The van der Waals surface area contributed by atoms with Crippen molar-refractivity contribution in [2.75, 3.05) is 7.05 Å². The second-order valence-corrected chi connectivity index (χ2v) is 3.75. The quantitative estimate of drug-likeness (QED) is 0.867. The van der Waals surface area contributed by atoms with Crippen LogP contribution < -0.4 is 10.9 Å². The minimum Gasteiger partial charge on any atom is -0.315 e. The first-order valence-electron chi connectivity index (χ1n) is 5.30. The highest BCUT2D eigenvalue weighted by atomic mass is 19.2. The maximum Gasteiger partial charge on any atom is 0.255 e. The fraction of sp³-hybridized carbons (Fsp3) is 0.167. The molecule has 2 aromatic rings. The molecule has 1 aromatic carbocycles. The van der Waals surface area contributed by atoms with Gasteiger partial charge in [0.25, 0.3) is 5.56 Å². The zero-order chi connectivity index (χ0) is 13.1. The minimum atomic E-state index is -0.977. The van der Waals surface area contributed by atoms with Gasteiger partial charge in [0.15, 0.2) is 11.6 Å². The van der Waals surface area contributed by atoms with Gasteiger partial charge in [-0.2, -0.15) is 0 Å². The van der Waals surface area contributed by atoms with E-state index in [1.807, 2.05) is 0 Å². The summed E-state index contributed by atoms with van der Waals surface area (Å²) >= 11 is 0. The third-order valence-corrected chi connectivity index (χ3v) is 2.43. The number of hydrogen-bond acceptors (Lipinski definition) is 3. The summed E-state index contributed by atoms with van der Waals surface area (Å²) in [5.74, 6) is -1.71. The zero-order valence-corrected chi connectivity index (χ0v) is 9.63. The fourth-order valence-electron chi connectivity index (χ4n) is 1.53. The molecule has 1 aromatic heterocycles. The molecule has 2 N–H and O–H groups in total. The summed E-state index contributed by atoms with van der Waals surface area (Å²) in [6.07, 6.45) is 1.41. The van der Waals surface area contributed by atoms with Gasteiger partial charge in [0, 0.05) is 23.9 Å². The average molecular weight is 251 g/mol. The lowest BCUT2D eigenvalue weighted by Gasteiger charge is -2.03. The Hall–Kier alpha value is -2.08. The lowest BCUT2D eigenvalue weighted by molar-refractivity contribution is 0.509. The molecule has 0 bridgehead atoms. The molecule has 0 unspecified atom stereocenters. The van der Waals surface area contributed by atoms with Gasteiger partial charge in [0.05, 0.1) is 0 Å². The van der Waals surface area contributed by atoms with Crippen molar-refractivity contribution < 1.29 is 8.78 Å². The number of hydrogen-bond donors (Lipinski definition) is 2. The second-order valence-electron chi connectivity index (χ2n) is 3.75. The molecule has 94 valence electrons. The van der Waals surface area contributed by atoms with E-state index in [0.29, 0.717) is 17.7 Å². The summed E-state index contributed by atoms with van der Waals surface area (Å²) in [7, 11) is 1.71. The van der Waals surface area contributed by atoms with Crippen LogP contribution >= 0.6 is 0 Å². The molecule has 0 aliphatic heterocycles. The molecule has 0 radical (unpaired) electrons. The molecular formula is C12H11F2N3O. The van der Waals surface area contributed by atoms with E-state index in [0.717, 1.165) is 12.1 Å². The van der Waals surface area contributed by atoms with Crippen LogP contribution in [0.5, 0.6) is 0 Å². The maximum absolute atomic E-state index is 13.1. The summed E-state index contributed by atoms with van der Waals surface area (Å²) in [5, 5.41) is 2.83. The Kier molecular flexibility index (Phi) is 3.47. The standard InChI is InChI=1S/C12H11F2N3O/c1-15-5-8-6-16-11(17-12(8)18)7-2-3-9(13)10(14)4-7/h2-4,6,15H,5H2,1H3,(H,16,17,18). The largest absolute Gasteiger partial charge is 0.315 e. The molecule has 0 saturated carbocycles. The van der Waals surface area contributed by atoms with Gasteiger partial charge < -0.3 is 10.3 Å². The van der Waals surface area contributed by atoms with Crippen molar-refractivity contribution in [1.29, 1.82) is 0 Å². The Balaban J connectivity index is 2.42. The van der Waals surface area contributed by atoms with Crippen LogP contribution in [0.4, 0.5) is 8.78 Å². The molecule has 1 heterocycles. The molecule has 6 heteroatoms. The van der Waals surface area contributed by atoms with Crippen LogP contribution in [0.3, 0.4) is 0 Å². The molecule has 2 rings (SSSR count). The summed E-state index contributed by atoms with van der Waals surface area (Å²) in [6.45, 7) is 0.389. The number of H-pyrrole nitrogens is 1. The zero-order valence-electron chi connectivity index (χ0n) is 9.63. The highest BCUT2D eigenvalue weighted by Gasteiger charge is 2.07. The molecule has 0 atom stereocenters. The second kappa shape index (κ2) is 5.05. The number of halogens is 2. The Morgan fingerprint density at radius 3 is 2.72 bits per heavy atom. The van der Waals surface area contributed by atoms with Gasteiger partial charge in [-0.05, 0) is 25.2 Å². The minimum absolute atomic E-state index is 0.207. The summed E-state index contributed by atoms with van der Waals surface area (Å²) < 4.78 is 25.8.